The fourth-order valence-electron chi connectivity index (χ4n) is 1.95. The Morgan fingerprint density at radius 2 is 1.84 bits per heavy atom. The molecule has 0 unspecified atom stereocenters. The van der Waals surface area contributed by atoms with Gasteiger partial charge < -0.3 is 9.84 Å². The molecule has 0 amide bonds. The minimum absolute atomic E-state index is 0.223. The number of aliphatic hydroxyl groups excluding tert-OH is 1. The molecule has 0 saturated heterocycles. The number of carbonyl (C=O) groups excluding carboxylic acids is 1. The molecule has 0 aromatic carbocycles. The smallest absolute Gasteiger partial charge is 0.303 e. The Balaban J connectivity index is 2.59. The Morgan fingerprint density at radius 1 is 1.11 bits per heavy atom. The zero-order chi connectivity index (χ0) is 13.9. The summed E-state index contributed by atoms with van der Waals surface area (Å²) in [6, 6.07) is 0. The van der Waals surface area contributed by atoms with Gasteiger partial charge in [0.05, 0.1) is 6.10 Å². The number of allylic oxidation sites excluding steroid dienone is 3. The number of ether oxygens (including phenoxy) is 1. The van der Waals surface area contributed by atoms with Gasteiger partial charge >= 0.3 is 5.97 Å². The van der Waals surface area contributed by atoms with E-state index < -0.39 is 6.10 Å². The highest BCUT2D eigenvalue weighted by atomic mass is 16.5. The Kier molecular flexibility index (Phi) is 7.91. The van der Waals surface area contributed by atoms with Crippen LogP contribution in [0.15, 0.2) is 36.5 Å². The third-order valence-corrected chi connectivity index (χ3v) is 2.93. The maximum atomic E-state index is 11.0. The zero-order valence-corrected chi connectivity index (χ0v) is 11.6. The van der Waals surface area contributed by atoms with E-state index >= 15 is 0 Å². The first kappa shape index (κ1) is 15.7. The number of esters is 1. The van der Waals surface area contributed by atoms with E-state index in [-0.39, 0.29) is 12.1 Å². The molecule has 3 nitrogen and oxygen atoms in total. The molecule has 3 heteroatoms. The summed E-state index contributed by atoms with van der Waals surface area (Å²) in [5.41, 5.74) is 0. The molecule has 1 aliphatic carbocycles. The fraction of sp³-hybridized carbons (Fsp3) is 0.562. The highest BCUT2D eigenvalue weighted by molar-refractivity contribution is 5.66. The molecule has 1 N–H and O–H groups in total. The molecule has 0 aliphatic heterocycles. The van der Waals surface area contributed by atoms with Crippen LogP contribution in [0.1, 0.15) is 45.4 Å². The van der Waals surface area contributed by atoms with E-state index in [9.17, 15) is 9.90 Å². The molecule has 2 atom stereocenters. The Hall–Kier alpha value is -1.35. The van der Waals surface area contributed by atoms with E-state index in [1.165, 1.54) is 6.92 Å². The van der Waals surface area contributed by atoms with Crippen LogP contribution in [-0.4, -0.2) is 23.3 Å². The minimum atomic E-state index is -0.422. The van der Waals surface area contributed by atoms with Gasteiger partial charge in [-0.3, -0.25) is 4.79 Å². The van der Waals surface area contributed by atoms with Crippen molar-refractivity contribution in [2.24, 2.45) is 0 Å². The maximum Gasteiger partial charge on any atom is 0.303 e. The molecule has 0 fully saturated rings. The van der Waals surface area contributed by atoms with E-state index in [0.717, 1.165) is 32.1 Å². The molecular formula is C16H24O3. The normalized spacial score (nSPS) is 30.8. The fourth-order valence-corrected chi connectivity index (χ4v) is 1.95. The van der Waals surface area contributed by atoms with Crippen LogP contribution >= 0.6 is 0 Å². The Bertz CT molecular complexity index is 342. The van der Waals surface area contributed by atoms with E-state index in [1.807, 2.05) is 12.2 Å². The summed E-state index contributed by atoms with van der Waals surface area (Å²) in [7, 11) is 0. The van der Waals surface area contributed by atoms with Gasteiger partial charge in [0.15, 0.2) is 0 Å². The highest BCUT2D eigenvalue weighted by Gasteiger charge is 2.06. The second-order valence-corrected chi connectivity index (χ2v) is 4.79. The molecule has 106 valence electrons. The standard InChI is InChI=1S/C16H24O3/c1-14(17)19-16-12-8-6-4-2-3-5-7-10-15(18)11-9-13-16/h3,5,8-9,11-12,15-16,18H,2,4,6-7,10,13H2,1H3/b5-3-,11-9+,12-8+/t15-,16+/m0/s1. The van der Waals surface area contributed by atoms with Gasteiger partial charge in [0.1, 0.15) is 6.10 Å². The SMILES string of the molecule is CC(=O)O[C@@H]1/C=C/CCC/C=C\CC[C@H](O)/C=C/C1. The maximum absolute atomic E-state index is 11.0. The van der Waals surface area contributed by atoms with Crippen molar-refractivity contribution in [2.45, 2.75) is 57.7 Å². The second kappa shape index (κ2) is 9.56. The van der Waals surface area contributed by atoms with Crippen molar-refractivity contribution in [2.75, 3.05) is 0 Å². The van der Waals surface area contributed by atoms with E-state index in [1.54, 1.807) is 6.08 Å². The monoisotopic (exact) mass is 264 g/mol. The molecule has 0 radical (unpaired) electrons. The van der Waals surface area contributed by atoms with Gasteiger partial charge in [0, 0.05) is 13.3 Å². The second-order valence-electron chi connectivity index (χ2n) is 4.79. The third kappa shape index (κ3) is 8.38. The van der Waals surface area contributed by atoms with Crippen molar-refractivity contribution in [1.29, 1.82) is 0 Å². The molecule has 19 heavy (non-hydrogen) atoms. The number of hydrogen-bond donors (Lipinski definition) is 1. The first-order chi connectivity index (χ1) is 9.18. The molecule has 0 saturated carbocycles. The number of carbonyl (C=O) groups is 1. The quantitative estimate of drug-likeness (QED) is 0.584. The first-order valence-electron chi connectivity index (χ1n) is 7.02. The third-order valence-electron chi connectivity index (χ3n) is 2.93. The van der Waals surface area contributed by atoms with Crippen molar-refractivity contribution in [3.05, 3.63) is 36.5 Å². The lowest BCUT2D eigenvalue weighted by atomic mass is 10.1. The van der Waals surface area contributed by atoms with Gasteiger partial charge in [-0.15, -0.1) is 0 Å². The molecule has 1 aliphatic rings. The van der Waals surface area contributed by atoms with E-state index in [4.69, 9.17) is 4.74 Å². The van der Waals surface area contributed by atoms with Gasteiger partial charge in [0.25, 0.3) is 0 Å². The van der Waals surface area contributed by atoms with E-state index in [2.05, 4.69) is 18.2 Å². The van der Waals surface area contributed by atoms with Crippen molar-refractivity contribution >= 4 is 5.97 Å². The minimum Gasteiger partial charge on any atom is -0.458 e. The summed E-state index contributed by atoms with van der Waals surface area (Å²) in [6.45, 7) is 1.42. The molecule has 0 heterocycles. The van der Waals surface area contributed by atoms with Crippen LogP contribution in [0.2, 0.25) is 0 Å². The van der Waals surface area contributed by atoms with Crippen LogP contribution in [0.5, 0.6) is 0 Å². The average Bonchev–Trinajstić information content (AvgIpc) is 2.35. The molecule has 0 aromatic rings. The van der Waals surface area contributed by atoms with Gasteiger partial charge in [0.2, 0.25) is 0 Å². The molecule has 0 aromatic heterocycles. The molecule has 1 rings (SSSR count). The Labute approximate surface area is 115 Å². The topological polar surface area (TPSA) is 46.5 Å². The summed E-state index contributed by atoms with van der Waals surface area (Å²) in [5.74, 6) is -0.271. The van der Waals surface area contributed by atoms with Crippen molar-refractivity contribution in [3.63, 3.8) is 0 Å². The predicted octanol–water partition coefficient (Wildman–Crippen LogP) is 3.30. The summed E-state index contributed by atoms with van der Waals surface area (Å²) < 4.78 is 5.21. The molecule has 0 bridgehead atoms. The lowest BCUT2D eigenvalue weighted by molar-refractivity contribution is -0.143. The first-order valence-corrected chi connectivity index (χ1v) is 7.02. The summed E-state index contributed by atoms with van der Waals surface area (Å²) in [4.78, 5) is 11.0. The van der Waals surface area contributed by atoms with Crippen LogP contribution in [0, 0.1) is 0 Å². The lowest BCUT2D eigenvalue weighted by Crippen LogP contribution is -2.13. The summed E-state index contributed by atoms with van der Waals surface area (Å²) >= 11 is 0. The zero-order valence-electron chi connectivity index (χ0n) is 11.6. The predicted molar refractivity (Wildman–Crippen MR) is 76.7 cm³/mol. The van der Waals surface area contributed by atoms with Crippen molar-refractivity contribution < 1.29 is 14.6 Å². The van der Waals surface area contributed by atoms with Crippen LogP contribution in [-0.2, 0) is 9.53 Å². The average molecular weight is 264 g/mol. The Morgan fingerprint density at radius 3 is 2.63 bits per heavy atom. The largest absolute Gasteiger partial charge is 0.458 e. The van der Waals surface area contributed by atoms with Gasteiger partial charge in [-0.2, -0.15) is 0 Å². The highest BCUT2D eigenvalue weighted by Crippen LogP contribution is 2.09. The van der Waals surface area contributed by atoms with Crippen molar-refractivity contribution in [1.82, 2.24) is 0 Å². The summed E-state index contributed by atoms with van der Waals surface area (Å²) in [6.07, 6.45) is 16.7. The van der Waals surface area contributed by atoms with Crippen LogP contribution in [0.25, 0.3) is 0 Å². The van der Waals surface area contributed by atoms with Gasteiger partial charge in [-0.1, -0.05) is 30.4 Å². The lowest BCUT2D eigenvalue weighted by Gasteiger charge is -2.11. The van der Waals surface area contributed by atoms with Gasteiger partial charge in [-0.05, 0) is 38.2 Å². The molecule has 0 spiro atoms. The molecular weight excluding hydrogens is 240 g/mol. The van der Waals surface area contributed by atoms with E-state index in [0.29, 0.717) is 6.42 Å². The van der Waals surface area contributed by atoms with Crippen LogP contribution < -0.4 is 0 Å². The summed E-state index contributed by atoms with van der Waals surface area (Å²) in [5, 5.41) is 9.74. The van der Waals surface area contributed by atoms with Crippen LogP contribution in [0.3, 0.4) is 0 Å². The number of aliphatic hydroxyl groups is 1. The van der Waals surface area contributed by atoms with Gasteiger partial charge in [-0.25, -0.2) is 0 Å². The number of hydrogen-bond acceptors (Lipinski definition) is 3. The van der Waals surface area contributed by atoms with Crippen molar-refractivity contribution in [3.8, 4) is 0 Å². The number of rotatable bonds is 1. The van der Waals surface area contributed by atoms with Crippen LogP contribution in [0.4, 0.5) is 0 Å².